The Bertz CT molecular complexity index is 402. The Morgan fingerprint density at radius 2 is 2.12 bits per heavy atom. The smallest absolute Gasteiger partial charge is 0.340 e. The molecule has 1 aromatic carbocycles. The van der Waals surface area contributed by atoms with E-state index in [9.17, 15) is 4.79 Å². The molecule has 0 aliphatic rings. The molecule has 0 unspecified atom stereocenters. The van der Waals surface area contributed by atoms with E-state index in [1.807, 2.05) is 18.0 Å². The number of carbonyl (C=O) groups is 1. The topological polar surface area (TPSA) is 55.6 Å². The summed E-state index contributed by atoms with van der Waals surface area (Å²) in [6, 6.07) is 5.29. The first-order valence-electron chi connectivity index (χ1n) is 5.64. The van der Waals surface area contributed by atoms with E-state index < -0.39 is 0 Å². The van der Waals surface area contributed by atoms with Crippen LogP contribution in [0.3, 0.4) is 0 Å². The van der Waals surface area contributed by atoms with Crippen molar-refractivity contribution in [2.45, 2.75) is 13.8 Å². The summed E-state index contributed by atoms with van der Waals surface area (Å²) in [5, 5.41) is 0. The van der Waals surface area contributed by atoms with Crippen molar-refractivity contribution in [3.63, 3.8) is 0 Å². The van der Waals surface area contributed by atoms with E-state index in [1.165, 1.54) is 7.11 Å². The number of hydrogen-bond acceptors (Lipinski definition) is 4. The van der Waals surface area contributed by atoms with Gasteiger partial charge in [0.1, 0.15) is 0 Å². The number of nitrogens with two attached hydrogens (primary N) is 1. The number of rotatable bonds is 4. The number of methoxy groups -OCH3 is 1. The number of nitrogen functional groups attached to an aromatic ring is 1. The van der Waals surface area contributed by atoms with Crippen molar-refractivity contribution >= 4 is 17.3 Å². The van der Waals surface area contributed by atoms with Crippen LogP contribution >= 0.6 is 0 Å². The summed E-state index contributed by atoms with van der Waals surface area (Å²) in [5.74, 6) is 0.158. The van der Waals surface area contributed by atoms with Crippen LogP contribution in [0.4, 0.5) is 11.4 Å². The van der Waals surface area contributed by atoms with Gasteiger partial charge in [-0.25, -0.2) is 4.79 Å². The minimum Gasteiger partial charge on any atom is -0.465 e. The van der Waals surface area contributed by atoms with E-state index in [0.717, 1.165) is 12.2 Å². The van der Waals surface area contributed by atoms with Crippen molar-refractivity contribution in [3.05, 3.63) is 23.8 Å². The molecule has 0 heterocycles. The SMILES string of the molecule is COC(=O)c1cc(N)ccc1N(C)CC(C)C. The van der Waals surface area contributed by atoms with Gasteiger partial charge < -0.3 is 15.4 Å². The van der Waals surface area contributed by atoms with Crippen LogP contribution in [0.2, 0.25) is 0 Å². The molecule has 0 saturated carbocycles. The maximum absolute atomic E-state index is 11.7. The van der Waals surface area contributed by atoms with Crippen LogP contribution in [0.5, 0.6) is 0 Å². The second-order valence-electron chi connectivity index (χ2n) is 4.54. The molecule has 0 atom stereocenters. The van der Waals surface area contributed by atoms with Crippen LogP contribution in [-0.4, -0.2) is 26.7 Å². The summed E-state index contributed by atoms with van der Waals surface area (Å²) >= 11 is 0. The number of ether oxygens (including phenoxy) is 1. The molecule has 0 aromatic heterocycles. The summed E-state index contributed by atoms with van der Waals surface area (Å²) in [4.78, 5) is 13.7. The summed E-state index contributed by atoms with van der Waals surface area (Å²) in [5.41, 5.74) is 7.61. The fourth-order valence-electron chi connectivity index (χ4n) is 1.81. The number of hydrogen-bond donors (Lipinski definition) is 1. The van der Waals surface area contributed by atoms with Gasteiger partial charge in [-0.1, -0.05) is 13.8 Å². The average Bonchev–Trinajstić information content (AvgIpc) is 2.26. The van der Waals surface area contributed by atoms with Crippen molar-refractivity contribution in [1.29, 1.82) is 0 Å². The zero-order valence-corrected chi connectivity index (χ0v) is 10.9. The third-order valence-corrected chi connectivity index (χ3v) is 2.48. The van der Waals surface area contributed by atoms with Gasteiger partial charge in [0.05, 0.1) is 18.4 Å². The predicted octanol–water partition coefficient (Wildman–Crippen LogP) is 2.15. The second-order valence-corrected chi connectivity index (χ2v) is 4.54. The van der Waals surface area contributed by atoms with Crippen LogP contribution in [0, 0.1) is 5.92 Å². The highest BCUT2D eigenvalue weighted by Crippen LogP contribution is 2.23. The quantitative estimate of drug-likeness (QED) is 0.643. The van der Waals surface area contributed by atoms with E-state index in [1.54, 1.807) is 12.1 Å². The Labute approximate surface area is 102 Å². The molecule has 0 aliphatic carbocycles. The van der Waals surface area contributed by atoms with Gasteiger partial charge in [-0.2, -0.15) is 0 Å². The maximum Gasteiger partial charge on any atom is 0.340 e. The van der Waals surface area contributed by atoms with E-state index in [-0.39, 0.29) is 5.97 Å². The van der Waals surface area contributed by atoms with Gasteiger partial charge in [-0.05, 0) is 24.1 Å². The first kappa shape index (κ1) is 13.4. The number of nitrogens with zero attached hydrogens (tertiary/aromatic N) is 1. The molecule has 4 heteroatoms. The Morgan fingerprint density at radius 1 is 1.47 bits per heavy atom. The van der Waals surface area contributed by atoms with Gasteiger partial charge in [0.25, 0.3) is 0 Å². The number of carbonyl (C=O) groups excluding carboxylic acids is 1. The molecular weight excluding hydrogens is 216 g/mol. The average molecular weight is 236 g/mol. The van der Waals surface area contributed by atoms with Crippen molar-refractivity contribution < 1.29 is 9.53 Å². The summed E-state index contributed by atoms with van der Waals surface area (Å²) in [6.45, 7) is 5.13. The second kappa shape index (κ2) is 5.57. The highest BCUT2D eigenvalue weighted by Gasteiger charge is 2.15. The third-order valence-electron chi connectivity index (χ3n) is 2.48. The Kier molecular flexibility index (Phi) is 4.37. The summed E-state index contributed by atoms with van der Waals surface area (Å²) in [6.07, 6.45) is 0. The lowest BCUT2D eigenvalue weighted by atomic mass is 10.1. The molecule has 0 saturated heterocycles. The van der Waals surface area contributed by atoms with Gasteiger partial charge in [0, 0.05) is 19.3 Å². The minimum atomic E-state index is -0.358. The lowest BCUT2D eigenvalue weighted by Crippen LogP contribution is -2.24. The van der Waals surface area contributed by atoms with Crippen LogP contribution in [0.25, 0.3) is 0 Å². The largest absolute Gasteiger partial charge is 0.465 e. The number of anilines is 2. The molecule has 0 spiro atoms. The summed E-state index contributed by atoms with van der Waals surface area (Å²) in [7, 11) is 3.33. The van der Waals surface area contributed by atoms with E-state index in [0.29, 0.717) is 17.2 Å². The molecule has 94 valence electrons. The molecule has 17 heavy (non-hydrogen) atoms. The summed E-state index contributed by atoms with van der Waals surface area (Å²) < 4.78 is 4.77. The molecular formula is C13H20N2O2. The fourth-order valence-corrected chi connectivity index (χ4v) is 1.81. The zero-order chi connectivity index (χ0) is 13.0. The van der Waals surface area contributed by atoms with Crippen LogP contribution < -0.4 is 10.6 Å². The standard InChI is InChI=1S/C13H20N2O2/c1-9(2)8-15(3)12-6-5-10(14)7-11(12)13(16)17-4/h5-7,9H,8,14H2,1-4H3. The third kappa shape index (κ3) is 3.37. The van der Waals surface area contributed by atoms with Crippen molar-refractivity contribution in [2.75, 3.05) is 31.3 Å². The van der Waals surface area contributed by atoms with E-state index in [2.05, 4.69) is 13.8 Å². The van der Waals surface area contributed by atoms with Crippen molar-refractivity contribution in [3.8, 4) is 0 Å². The molecule has 0 amide bonds. The van der Waals surface area contributed by atoms with Crippen molar-refractivity contribution in [2.24, 2.45) is 5.92 Å². The van der Waals surface area contributed by atoms with Gasteiger partial charge in [-0.15, -0.1) is 0 Å². The van der Waals surface area contributed by atoms with E-state index >= 15 is 0 Å². The molecule has 0 radical (unpaired) electrons. The normalized spacial score (nSPS) is 10.4. The minimum absolute atomic E-state index is 0.358. The molecule has 0 aliphatic heterocycles. The highest BCUT2D eigenvalue weighted by atomic mass is 16.5. The Hall–Kier alpha value is -1.71. The lowest BCUT2D eigenvalue weighted by molar-refractivity contribution is 0.0601. The Balaban J connectivity index is 3.09. The van der Waals surface area contributed by atoms with Crippen LogP contribution in [0.1, 0.15) is 24.2 Å². The molecule has 1 rings (SSSR count). The van der Waals surface area contributed by atoms with Gasteiger partial charge in [0.2, 0.25) is 0 Å². The molecule has 0 fully saturated rings. The predicted molar refractivity (Wildman–Crippen MR) is 70.3 cm³/mol. The number of benzene rings is 1. The monoisotopic (exact) mass is 236 g/mol. The molecule has 1 aromatic rings. The first-order chi connectivity index (χ1) is 7.95. The Morgan fingerprint density at radius 3 is 2.65 bits per heavy atom. The molecule has 2 N–H and O–H groups in total. The van der Waals surface area contributed by atoms with Crippen LogP contribution in [0.15, 0.2) is 18.2 Å². The zero-order valence-electron chi connectivity index (χ0n) is 10.9. The fraction of sp³-hybridized carbons (Fsp3) is 0.462. The molecule has 0 bridgehead atoms. The highest BCUT2D eigenvalue weighted by molar-refractivity contribution is 5.96. The van der Waals surface area contributed by atoms with Gasteiger partial charge in [-0.3, -0.25) is 0 Å². The molecule has 4 nitrogen and oxygen atoms in total. The van der Waals surface area contributed by atoms with Crippen molar-refractivity contribution in [1.82, 2.24) is 0 Å². The van der Waals surface area contributed by atoms with E-state index in [4.69, 9.17) is 10.5 Å². The number of esters is 1. The lowest BCUT2D eigenvalue weighted by Gasteiger charge is -2.23. The van der Waals surface area contributed by atoms with Gasteiger partial charge in [0.15, 0.2) is 0 Å². The maximum atomic E-state index is 11.7. The van der Waals surface area contributed by atoms with Crippen LogP contribution in [-0.2, 0) is 4.74 Å². The van der Waals surface area contributed by atoms with Gasteiger partial charge >= 0.3 is 5.97 Å². The first-order valence-corrected chi connectivity index (χ1v) is 5.64.